The third-order valence-corrected chi connectivity index (χ3v) is 5.00. The summed E-state index contributed by atoms with van der Waals surface area (Å²) < 4.78 is 19.0. The molecule has 0 saturated heterocycles. The lowest BCUT2D eigenvalue weighted by Gasteiger charge is -1.98. The van der Waals surface area contributed by atoms with Gasteiger partial charge in [-0.2, -0.15) is 0 Å². The molecule has 0 amide bonds. The molecule has 4 aromatic rings. The summed E-state index contributed by atoms with van der Waals surface area (Å²) in [6.45, 7) is 1.88. The molecule has 2 aromatic heterocycles. The van der Waals surface area contributed by atoms with E-state index < -0.39 is 0 Å². The van der Waals surface area contributed by atoms with Gasteiger partial charge in [-0.1, -0.05) is 23.7 Å². The van der Waals surface area contributed by atoms with Crippen molar-refractivity contribution >= 4 is 22.9 Å². The number of halogens is 2. The van der Waals surface area contributed by atoms with E-state index in [1.165, 1.54) is 12.1 Å². The minimum Gasteiger partial charge on any atom is -0.434 e. The van der Waals surface area contributed by atoms with E-state index in [0.29, 0.717) is 23.1 Å². The van der Waals surface area contributed by atoms with Crippen LogP contribution < -0.4 is 0 Å². The summed E-state index contributed by atoms with van der Waals surface area (Å²) in [5, 5.41) is 3.65. The number of aromatic nitrogens is 2. The fourth-order valence-electron chi connectivity index (χ4n) is 2.67. The SMILES string of the molecule is Cc1nc(-c2ccc(F)cc2)oc1-c1csc(Cc2cccc(Cl)c2)n1. The summed E-state index contributed by atoms with van der Waals surface area (Å²) >= 11 is 7.61. The van der Waals surface area contributed by atoms with Crippen LogP contribution in [-0.4, -0.2) is 9.97 Å². The number of hydrogen-bond donors (Lipinski definition) is 0. The highest BCUT2D eigenvalue weighted by atomic mass is 35.5. The number of hydrogen-bond acceptors (Lipinski definition) is 4. The second kappa shape index (κ2) is 7.02. The number of aryl methyl sites for hydroxylation is 1. The molecule has 2 aromatic carbocycles. The smallest absolute Gasteiger partial charge is 0.227 e. The Bertz CT molecular complexity index is 1060. The van der Waals surface area contributed by atoms with Crippen molar-refractivity contribution in [3.05, 3.63) is 81.0 Å². The van der Waals surface area contributed by atoms with Crippen LogP contribution in [0.4, 0.5) is 4.39 Å². The first-order chi connectivity index (χ1) is 12.6. The summed E-state index contributed by atoms with van der Waals surface area (Å²) in [4.78, 5) is 9.12. The minimum absolute atomic E-state index is 0.289. The monoisotopic (exact) mass is 384 g/mol. The molecule has 0 aliphatic rings. The number of benzene rings is 2. The quantitative estimate of drug-likeness (QED) is 0.423. The van der Waals surface area contributed by atoms with Crippen LogP contribution in [0, 0.1) is 12.7 Å². The molecule has 0 fully saturated rings. The van der Waals surface area contributed by atoms with Crippen LogP contribution in [0.25, 0.3) is 22.9 Å². The predicted octanol–water partition coefficient (Wildman–Crippen LogP) is 6.16. The first kappa shape index (κ1) is 16.9. The molecule has 6 heteroatoms. The molecule has 0 bridgehead atoms. The van der Waals surface area contributed by atoms with E-state index in [4.69, 9.17) is 16.0 Å². The average molecular weight is 385 g/mol. The maximum atomic E-state index is 13.1. The summed E-state index contributed by atoms with van der Waals surface area (Å²) in [6, 6.07) is 13.8. The average Bonchev–Trinajstić information content (AvgIpc) is 3.22. The van der Waals surface area contributed by atoms with Crippen LogP contribution in [0.1, 0.15) is 16.3 Å². The van der Waals surface area contributed by atoms with E-state index in [2.05, 4.69) is 9.97 Å². The second-order valence-corrected chi connectivity index (χ2v) is 7.25. The standard InChI is InChI=1S/C20H14ClFN2OS/c1-12-19(25-20(23-12)14-5-7-16(22)8-6-14)17-11-26-18(24-17)10-13-3-2-4-15(21)9-13/h2-9,11H,10H2,1H3. The van der Waals surface area contributed by atoms with Crippen molar-refractivity contribution in [1.29, 1.82) is 0 Å². The van der Waals surface area contributed by atoms with Crippen LogP contribution in [0.5, 0.6) is 0 Å². The van der Waals surface area contributed by atoms with Gasteiger partial charge in [0.2, 0.25) is 5.89 Å². The largest absolute Gasteiger partial charge is 0.434 e. The Morgan fingerprint density at radius 3 is 2.69 bits per heavy atom. The van der Waals surface area contributed by atoms with Gasteiger partial charge in [0.05, 0.1) is 10.7 Å². The molecule has 0 radical (unpaired) electrons. The van der Waals surface area contributed by atoms with Gasteiger partial charge in [0.25, 0.3) is 0 Å². The zero-order chi connectivity index (χ0) is 18.1. The topological polar surface area (TPSA) is 38.9 Å². The fourth-order valence-corrected chi connectivity index (χ4v) is 3.69. The zero-order valence-corrected chi connectivity index (χ0v) is 15.4. The Morgan fingerprint density at radius 2 is 1.92 bits per heavy atom. The van der Waals surface area contributed by atoms with E-state index in [-0.39, 0.29) is 5.82 Å². The molecule has 3 nitrogen and oxygen atoms in total. The van der Waals surface area contributed by atoms with Gasteiger partial charge < -0.3 is 4.42 Å². The Labute approximate surface area is 159 Å². The van der Waals surface area contributed by atoms with Crippen molar-refractivity contribution in [2.45, 2.75) is 13.3 Å². The molecular weight excluding hydrogens is 371 g/mol. The van der Waals surface area contributed by atoms with Gasteiger partial charge in [0, 0.05) is 22.4 Å². The van der Waals surface area contributed by atoms with Gasteiger partial charge >= 0.3 is 0 Å². The highest BCUT2D eigenvalue weighted by molar-refractivity contribution is 7.10. The molecule has 0 N–H and O–H groups in total. The number of thiazole rings is 1. The van der Waals surface area contributed by atoms with Crippen molar-refractivity contribution in [1.82, 2.24) is 9.97 Å². The Hall–Kier alpha value is -2.50. The van der Waals surface area contributed by atoms with Crippen molar-refractivity contribution in [2.24, 2.45) is 0 Å². The lowest BCUT2D eigenvalue weighted by Crippen LogP contribution is -1.87. The van der Waals surface area contributed by atoms with Gasteiger partial charge in [-0.05, 0) is 48.9 Å². The fraction of sp³-hybridized carbons (Fsp3) is 0.100. The van der Waals surface area contributed by atoms with Crippen LogP contribution in [0.2, 0.25) is 5.02 Å². The summed E-state index contributed by atoms with van der Waals surface area (Å²) in [6.07, 6.45) is 0.712. The van der Waals surface area contributed by atoms with Crippen molar-refractivity contribution < 1.29 is 8.81 Å². The summed E-state index contributed by atoms with van der Waals surface area (Å²) in [5.41, 5.74) is 3.35. The van der Waals surface area contributed by atoms with Gasteiger partial charge in [0.1, 0.15) is 11.5 Å². The maximum Gasteiger partial charge on any atom is 0.227 e. The van der Waals surface area contributed by atoms with E-state index in [1.807, 2.05) is 36.6 Å². The molecule has 0 atom stereocenters. The number of oxazole rings is 1. The summed E-state index contributed by atoms with van der Waals surface area (Å²) in [7, 11) is 0. The third kappa shape index (κ3) is 3.54. The highest BCUT2D eigenvalue weighted by Crippen LogP contribution is 2.31. The molecule has 4 rings (SSSR count). The predicted molar refractivity (Wildman–Crippen MR) is 102 cm³/mol. The van der Waals surface area contributed by atoms with E-state index in [1.54, 1.807) is 23.5 Å². The third-order valence-electron chi connectivity index (χ3n) is 3.92. The first-order valence-electron chi connectivity index (χ1n) is 8.01. The lowest BCUT2D eigenvalue weighted by molar-refractivity contribution is 0.585. The first-order valence-corrected chi connectivity index (χ1v) is 9.27. The van der Waals surface area contributed by atoms with Gasteiger partial charge in [-0.3, -0.25) is 0 Å². The van der Waals surface area contributed by atoms with Crippen LogP contribution in [-0.2, 0) is 6.42 Å². The molecule has 0 spiro atoms. The van der Waals surface area contributed by atoms with E-state index in [9.17, 15) is 4.39 Å². The molecule has 2 heterocycles. The normalized spacial score (nSPS) is 11.0. The van der Waals surface area contributed by atoms with Crippen LogP contribution in [0.3, 0.4) is 0 Å². The van der Waals surface area contributed by atoms with E-state index in [0.717, 1.165) is 27.5 Å². The Morgan fingerprint density at radius 1 is 1.12 bits per heavy atom. The van der Waals surface area contributed by atoms with Gasteiger partial charge in [-0.15, -0.1) is 11.3 Å². The molecule has 26 heavy (non-hydrogen) atoms. The highest BCUT2D eigenvalue weighted by Gasteiger charge is 2.16. The number of rotatable bonds is 4. The molecule has 130 valence electrons. The Kier molecular flexibility index (Phi) is 4.57. The van der Waals surface area contributed by atoms with Crippen LogP contribution in [0.15, 0.2) is 58.3 Å². The molecular formula is C20H14ClFN2OS. The molecule has 0 saturated carbocycles. The summed E-state index contributed by atoms with van der Waals surface area (Å²) in [5.74, 6) is 0.808. The van der Waals surface area contributed by atoms with Gasteiger partial charge in [-0.25, -0.2) is 14.4 Å². The van der Waals surface area contributed by atoms with Crippen molar-refractivity contribution in [3.63, 3.8) is 0 Å². The number of nitrogens with zero attached hydrogens (tertiary/aromatic N) is 2. The van der Waals surface area contributed by atoms with E-state index >= 15 is 0 Å². The molecule has 0 unspecified atom stereocenters. The van der Waals surface area contributed by atoms with Crippen molar-refractivity contribution in [2.75, 3.05) is 0 Å². The Balaban J connectivity index is 1.60. The van der Waals surface area contributed by atoms with Gasteiger partial charge in [0.15, 0.2) is 5.76 Å². The molecule has 0 aliphatic heterocycles. The van der Waals surface area contributed by atoms with Crippen molar-refractivity contribution in [3.8, 4) is 22.9 Å². The molecule has 0 aliphatic carbocycles. The minimum atomic E-state index is -0.289. The van der Waals surface area contributed by atoms with Crippen LogP contribution >= 0.6 is 22.9 Å². The maximum absolute atomic E-state index is 13.1. The zero-order valence-electron chi connectivity index (χ0n) is 13.9. The second-order valence-electron chi connectivity index (χ2n) is 5.87. The lowest BCUT2D eigenvalue weighted by atomic mass is 10.2.